The predicted octanol–water partition coefficient (Wildman–Crippen LogP) is 8.88. The molecule has 0 N–H and O–H groups in total. The molecule has 8 heteroatoms. The minimum absolute atomic E-state index is 0.223. The number of hydrogen-bond acceptors (Lipinski definition) is 5. The molecule has 0 aliphatic rings. The summed E-state index contributed by atoms with van der Waals surface area (Å²) in [5.74, 6) is 2.29. The number of hydrogen-bond donors (Lipinski definition) is 0. The third-order valence-corrected chi connectivity index (χ3v) is 8.12. The number of para-hydroxylation sites is 1. The van der Waals surface area contributed by atoms with Crippen LogP contribution in [0.5, 0.6) is 11.5 Å². The van der Waals surface area contributed by atoms with Gasteiger partial charge in [0, 0.05) is 20.1 Å². The fraction of sp³-hybridized carbons (Fsp3) is 0.206. The highest BCUT2D eigenvalue weighted by Gasteiger charge is 2.18. The third-order valence-electron chi connectivity index (χ3n) is 6.89. The number of halogens is 2. The summed E-state index contributed by atoms with van der Waals surface area (Å²) >= 11 is 7.05. The van der Waals surface area contributed by atoms with Crippen LogP contribution in [0, 0.1) is 6.92 Å². The van der Waals surface area contributed by atoms with Crippen LogP contribution in [0.4, 0.5) is 0 Å². The number of nitrogens with zero attached hydrogens (tertiary/aromatic N) is 3. The second-order valence-electron chi connectivity index (χ2n) is 10.2. The molecular weight excluding hydrogens is 658 g/mol. The maximum absolute atomic E-state index is 13.7. The van der Waals surface area contributed by atoms with E-state index in [1.165, 1.54) is 4.68 Å². The van der Waals surface area contributed by atoms with Gasteiger partial charge in [-0.3, -0.25) is 4.79 Å². The summed E-state index contributed by atoms with van der Waals surface area (Å²) in [4.78, 5) is 18.6. The zero-order chi connectivity index (χ0) is 29.8. The van der Waals surface area contributed by atoms with Gasteiger partial charge < -0.3 is 9.47 Å². The van der Waals surface area contributed by atoms with Gasteiger partial charge in [-0.2, -0.15) is 9.78 Å². The van der Waals surface area contributed by atoms with Gasteiger partial charge in [-0.1, -0.05) is 63.9 Å². The summed E-state index contributed by atoms with van der Waals surface area (Å²) < 4.78 is 15.3. The van der Waals surface area contributed by atoms with Gasteiger partial charge in [0.15, 0.2) is 5.82 Å². The molecule has 0 saturated heterocycles. The van der Waals surface area contributed by atoms with Crippen LogP contribution in [0.25, 0.3) is 22.3 Å². The van der Waals surface area contributed by atoms with Crippen LogP contribution < -0.4 is 15.0 Å². The Morgan fingerprint density at radius 2 is 1.74 bits per heavy atom. The predicted molar refractivity (Wildman–Crippen MR) is 177 cm³/mol. The number of ether oxygens (including phenoxy) is 2. The molecule has 1 heterocycles. The fourth-order valence-corrected chi connectivity index (χ4v) is 5.81. The standard InChI is InChI=1S/C34H31Br2N3O3/c1-5-41-32-16-22(4)29(18-28(32)21(2)3)33-38-31-9-7-6-8-27(31)34(40)39(33)37-19-23-10-14-26(15-11-23)42-20-24-12-13-25(35)17-30(24)36/h6-19,21H,5,20H2,1-4H3. The zero-order valence-corrected chi connectivity index (χ0v) is 27.1. The molecule has 0 aliphatic carbocycles. The molecule has 214 valence electrons. The Balaban J connectivity index is 1.50. The van der Waals surface area contributed by atoms with Crippen LogP contribution in [0.2, 0.25) is 0 Å². The lowest BCUT2D eigenvalue weighted by atomic mass is 9.96. The van der Waals surface area contributed by atoms with Gasteiger partial charge in [-0.05, 0) is 97.1 Å². The lowest BCUT2D eigenvalue weighted by Gasteiger charge is -2.18. The Morgan fingerprint density at radius 3 is 2.45 bits per heavy atom. The maximum atomic E-state index is 13.7. The van der Waals surface area contributed by atoms with Crippen LogP contribution in [0.15, 0.2) is 97.7 Å². The summed E-state index contributed by atoms with van der Waals surface area (Å²) in [5, 5.41) is 5.16. The molecule has 4 aromatic carbocycles. The van der Waals surface area contributed by atoms with Gasteiger partial charge in [0.05, 0.1) is 23.7 Å². The summed E-state index contributed by atoms with van der Waals surface area (Å²) in [5.41, 5.74) is 5.11. The largest absolute Gasteiger partial charge is 0.494 e. The van der Waals surface area contributed by atoms with Gasteiger partial charge in [-0.25, -0.2) is 4.98 Å². The zero-order valence-electron chi connectivity index (χ0n) is 23.9. The van der Waals surface area contributed by atoms with Crippen LogP contribution in [0.1, 0.15) is 48.9 Å². The SMILES string of the molecule is CCOc1cc(C)c(-c2nc3ccccc3c(=O)n2N=Cc2ccc(OCc3ccc(Br)cc3Br)cc2)cc1C(C)C. The van der Waals surface area contributed by atoms with Crippen molar-refractivity contribution >= 4 is 49.0 Å². The minimum atomic E-state index is -0.230. The normalized spacial score (nSPS) is 11.5. The summed E-state index contributed by atoms with van der Waals surface area (Å²) in [6, 6.07) is 25.0. The molecule has 0 saturated carbocycles. The van der Waals surface area contributed by atoms with E-state index in [9.17, 15) is 4.79 Å². The summed E-state index contributed by atoms with van der Waals surface area (Å²) in [6.45, 7) is 9.24. The molecule has 0 spiro atoms. The van der Waals surface area contributed by atoms with Crippen LogP contribution >= 0.6 is 31.9 Å². The molecule has 1 aromatic heterocycles. The van der Waals surface area contributed by atoms with Crippen molar-refractivity contribution in [2.75, 3.05) is 6.61 Å². The monoisotopic (exact) mass is 687 g/mol. The summed E-state index contributed by atoms with van der Waals surface area (Å²) in [7, 11) is 0. The highest BCUT2D eigenvalue weighted by atomic mass is 79.9. The van der Waals surface area contributed by atoms with Crippen molar-refractivity contribution in [1.29, 1.82) is 0 Å². The van der Waals surface area contributed by atoms with E-state index in [2.05, 4.69) is 56.9 Å². The number of benzene rings is 4. The first kappa shape index (κ1) is 29.7. The molecule has 0 unspecified atom stereocenters. The Hall–Kier alpha value is -3.75. The molecule has 5 aromatic rings. The number of fused-ring (bicyclic) bond motifs is 1. The highest BCUT2D eigenvalue weighted by molar-refractivity contribution is 9.11. The van der Waals surface area contributed by atoms with Crippen LogP contribution in [0.3, 0.4) is 0 Å². The fourth-order valence-electron chi connectivity index (χ4n) is 4.65. The Bertz CT molecular complexity index is 1830. The van der Waals surface area contributed by atoms with E-state index < -0.39 is 0 Å². The van der Waals surface area contributed by atoms with Crippen molar-refractivity contribution in [1.82, 2.24) is 9.66 Å². The minimum Gasteiger partial charge on any atom is -0.494 e. The number of rotatable bonds is 9. The number of aromatic nitrogens is 2. The van der Waals surface area contributed by atoms with Crippen molar-refractivity contribution < 1.29 is 9.47 Å². The topological polar surface area (TPSA) is 65.7 Å². The smallest absolute Gasteiger partial charge is 0.282 e. The lowest BCUT2D eigenvalue weighted by Crippen LogP contribution is -2.20. The first-order chi connectivity index (χ1) is 20.2. The molecule has 0 bridgehead atoms. The molecule has 42 heavy (non-hydrogen) atoms. The van der Waals surface area contributed by atoms with E-state index in [0.29, 0.717) is 29.9 Å². The molecule has 6 nitrogen and oxygen atoms in total. The van der Waals surface area contributed by atoms with Gasteiger partial charge >= 0.3 is 0 Å². The quantitative estimate of drug-likeness (QED) is 0.145. The number of aryl methyl sites for hydroxylation is 1. The molecule has 0 radical (unpaired) electrons. The Labute approximate surface area is 262 Å². The molecule has 0 aliphatic heterocycles. The van der Waals surface area contributed by atoms with Crippen LogP contribution in [-0.4, -0.2) is 22.5 Å². The van der Waals surface area contributed by atoms with E-state index in [0.717, 1.165) is 48.3 Å². The van der Waals surface area contributed by atoms with Crippen molar-refractivity contribution in [3.63, 3.8) is 0 Å². The highest BCUT2D eigenvalue weighted by Crippen LogP contribution is 2.34. The van der Waals surface area contributed by atoms with E-state index in [1.807, 2.05) is 80.6 Å². The third kappa shape index (κ3) is 6.50. The van der Waals surface area contributed by atoms with E-state index in [-0.39, 0.29) is 11.5 Å². The van der Waals surface area contributed by atoms with Crippen molar-refractivity contribution in [2.24, 2.45) is 5.10 Å². The van der Waals surface area contributed by atoms with Gasteiger partial charge in [-0.15, -0.1) is 0 Å². The van der Waals surface area contributed by atoms with Gasteiger partial charge in [0.1, 0.15) is 18.1 Å². The second-order valence-corrected chi connectivity index (χ2v) is 12.0. The molecule has 0 atom stereocenters. The average molecular weight is 689 g/mol. The van der Waals surface area contributed by atoms with Crippen molar-refractivity contribution in [3.05, 3.63) is 120 Å². The first-order valence-electron chi connectivity index (χ1n) is 13.8. The van der Waals surface area contributed by atoms with E-state index >= 15 is 0 Å². The van der Waals surface area contributed by atoms with Gasteiger partial charge in [0.25, 0.3) is 5.56 Å². The average Bonchev–Trinajstić information content (AvgIpc) is 2.97. The van der Waals surface area contributed by atoms with Crippen molar-refractivity contribution in [3.8, 4) is 22.9 Å². The molecule has 0 fully saturated rings. The lowest BCUT2D eigenvalue weighted by molar-refractivity contribution is 0.305. The maximum Gasteiger partial charge on any atom is 0.282 e. The summed E-state index contributed by atoms with van der Waals surface area (Å²) in [6.07, 6.45) is 1.67. The Morgan fingerprint density at radius 1 is 0.976 bits per heavy atom. The molecule has 0 amide bonds. The first-order valence-corrected chi connectivity index (χ1v) is 15.3. The molecule has 5 rings (SSSR count). The van der Waals surface area contributed by atoms with E-state index in [1.54, 1.807) is 12.3 Å². The Kier molecular flexibility index (Phi) is 9.24. The van der Waals surface area contributed by atoms with Crippen LogP contribution in [-0.2, 0) is 6.61 Å². The van der Waals surface area contributed by atoms with Gasteiger partial charge in [0.2, 0.25) is 0 Å². The van der Waals surface area contributed by atoms with E-state index in [4.69, 9.17) is 14.5 Å². The van der Waals surface area contributed by atoms with Crippen molar-refractivity contribution in [2.45, 2.75) is 40.2 Å². The second kappa shape index (κ2) is 13.0. The molecular formula is C34H31Br2N3O3.